The number of halogens is 2. The Morgan fingerprint density at radius 2 is 2.04 bits per heavy atom. The number of guanidine groups is 1. The number of hydrogen-bond acceptors (Lipinski definition) is 5. The van der Waals surface area contributed by atoms with Gasteiger partial charge in [-0.15, -0.1) is 0 Å². The standard InChI is InChI=1S/C16H18F2N6/c1-10-7-20-15(22-11-8-21-24(2)9-11)23-16(10,19)6-12-13(17)4-3-5-14(12)18/h3-5,7-9H,6,19H2,1-2H3,(H2,20,22,23). The Labute approximate surface area is 138 Å². The zero-order valence-electron chi connectivity index (χ0n) is 13.3. The SMILES string of the molecule is CC1=CNC(Nc2cnn(C)c2)=NC1(N)Cc1c(F)cccc1F. The molecule has 8 heteroatoms. The van der Waals surface area contributed by atoms with Crippen molar-refractivity contribution in [2.75, 3.05) is 5.32 Å². The van der Waals surface area contributed by atoms with Crippen molar-refractivity contribution < 1.29 is 8.78 Å². The topological polar surface area (TPSA) is 80.3 Å². The van der Waals surface area contributed by atoms with Gasteiger partial charge in [-0.1, -0.05) is 6.07 Å². The molecular weight excluding hydrogens is 314 g/mol. The summed E-state index contributed by atoms with van der Waals surface area (Å²) in [5, 5.41) is 10.1. The Kier molecular flexibility index (Phi) is 4.06. The first-order valence-electron chi connectivity index (χ1n) is 7.38. The number of aryl methyl sites for hydroxylation is 1. The van der Waals surface area contributed by atoms with Gasteiger partial charge in [0.15, 0.2) is 0 Å². The van der Waals surface area contributed by atoms with Gasteiger partial charge in [0.2, 0.25) is 5.96 Å². The third kappa shape index (κ3) is 3.13. The highest BCUT2D eigenvalue weighted by Crippen LogP contribution is 2.26. The molecule has 0 radical (unpaired) electrons. The van der Waals surface area contributed by atoms with E-state index in [1.165, 1.54) is 18.2 Å². The van der Waals surface area contributed by atoms with Crippen LogP contribution in [-0.2, 0) is 13.5 Å². The summed E-state index contributed by atoms with van der Waals surface area (Å²) in [6.07, 6.45) is 4.98. The van der Waals surface area contributed by atoms with Crippen LogP contribution in [0.4, 0.5) is 14.5 Å². The van der Waals surface area contributed by atoms with E-state index in [4.69, 9.17) is 5.73 Å². The van der Waals surface area contributed by atoms with Crippen LogP contribution in [0.3, 0.4) is 0 Å². The van der Waals surface area contributed by atoms with Gasteiger partial charge in [-0.05, 0) is 24.6 Å². The van der Waals surface area contributed by atoms with E-state index in [9.17, 15) is 8.78 Å². The first kappa shape index (κ1) is 16.1. The zero-order chi connectivity index (χ0) is 17.3. The third-order valence-corrected chi connectivity index (χ3v) is 3.90. The molecule has 6 nitrogen and oxygen atoms in total. The van der Waals surface area contributed by atoms with Crippen molar-refractivity contribution in [2.24, 2.45) is 17.8 Å². The molecule has 0 aliphatic carbocycles. The molecule has 4 N–H and O–H groups in total. The Balaban J connectivity index is 1.88. The molecule has 0 fully saturated rings. The molecule has 24 heavy (non-hydrogen) atoms. The Morgan fingerprint density at radius 3 is 2.67 bits per heavy atom. The van der Waals surface area contributed by atoms with Crippen LogP contribution in [-0.4, -0.2) is 21.4 Å². The van der Waals surface area contributed by atoms with Crippen LogP contribution < -0.4 is 16.4 Å². The van der Waals surface area contributed by atoms with E-state index in [0.29, 0.717) is 11.5 Å². The lowest BCUT2D eigenvalue weighted by Gasteiger charge is -2.31. The van der Waals surface area contributed by atoms with E-state index >= 15 is 0 Å². The molecule has 1 unspecified atom stereocenters. The number of hydrogen-bond donors (Lipinski definition) is 3. The minimum Gasteiger partial charge on any atom is -0.333 e. The second-order valence-corrected chi connectivity index (χ2v) is 5.76. The van der Waals surface area contributed by atoms with Crippen molar-refractivity contribution in [1.82, 2.24) is 15.1 Å². The van der Waals surface area contributed by atoms with Crippen molar-refractivity contribution in [3.05, 3.63) is 59.6 Å². The van der Waals surface area contributed by atoms with Crippen LogP contribution in [0.5, 0.6) is 0 Å². The van der Waals surface area contributed by atoms with E-state index in [-0.39, 0.29) is 12.0 Å². The molecule has 1 aliphatic rings. The summed E-state index contributed by atoms with van der Waals surface area (Å²) in [4.78, 5) is 4.41. The van der Waals surface area contributed by atoms with Crippen LogP contribution in [0.1, 0.15) is 12.5 Å². The predicted molar refractivity (Wildman–Crippen MR) is 88.1 cm³/mol. The van der Waals surface area contributed by atoms with E-state index in [1.54, 1.807) is 37.2 Å². The van der Waals surface area contributed by atoms with E-state index in [0.717, 1.165) is 5.69 Å². The minimum absolute atomic E-state index is 0.0841. The van der Waals surface area contributed by atoms with E-state index in [1.807, 2.05) is 0 Å². The van der Waals surface area contributed by atoms with E-state index in [2.05, 4.69) is 20.7 Å². The quantitative estimate of drug-likeness (QED) is 0.802. The monoisotopic (exact) mass is 332 g/mol. The summed E-state index contributed by atoms with van der Waals surface area (Å²) in [7, 11) is 1.79. The number of anilines is 1. The van der Waals surface area contributed by atoms with Gasteiger partial charge < -0.3 is 16.4 Å². The summed E-state index contributed by atoms with van der Waals surface area (Å²) in [6.45, 7) is 1.76. The molecule has 3 rings (SSSR count). The maximum absolute atomic E-state index is 13.9. The molecule has 1 aromatic carbocycles. The molecule has 0 spiro atoms. The molecule has 126 valence electrons. The lowest BCUT2D eigenvalue weighted by Crippen LogP contribution is -2.48. The third-order valence-electron chi connectivity index (χ3n) is 3.90. The maximum atomic E-state index is 13.9. The summed E-state index contributed by atoms with van der Waals surface area (Å²) in [5.74, 6) is -0.890. The Hall–Kier alpha value is -2.74. The Bertz CT molecular complexity index is 805. The fourth-order valence-electron chi connectivity index (χ4n) is 2.46. The number of nitrogens with one attached hydrogen (secondary N) is 2. The average molecular weight is 332 g/mol. The highest BCUT2D eigenvalue weighted by atomic mass is 19.1. The fraction of sp³-hybridized carbons (Fsp3) is 0.250. The van der Waals surface area contributed by atoms with Crippen molar-refractivity contribution >= 4 is 11.6 Å². The number of rotatable bonds is 3. The smallest absolute Gasteiger partial charge is 0.202 e. The molecule has 1 atom stereocenters. The van der Waals surface area contributed by atoms with Crippen LogP contribution in [0.25, 0.3) is 0 Å². The molecule has 0 saturated heterocycles. The van der Waals surface area contributed by atoms with Crippen LogP contribution >= 0.6 is 0 Å². The van der Waals surface area contributed by atoms with Gasteiger partial charge in [-0.2, -0.15) is 5.10 Å². The number of benzene rings is 1. The Morgan fingerprint density at radius 1 is 1.33 bits per heavy atom. The molecule has 0 saturated carbocycles. The van der Waals surface area contributed by atoms with Crippen molar-refractivity contribution in [1.29, 1.82) is 0 Å². The van der Waals surface area contributed by atoms with Crippen molar-refractivity contribution in [3.8, 4) is 0 Å². The zero-order valence-corrected chi connectivity index (χ0v) is 13.3. The van der Waals surface area contributed by atoms with Gasteiger partial charge in [-0.25, -0.2) is 13.8 Å². The summed E-state index contributed by atoms with van der Waals surface area (Å²) in [6, 6.07) is 3.74. The highest BCUT2D eigenvalue weighted by molar-refractivity contribution is 5.95. The number of aliphatic imine (C=N–C) groups is 1. The van der Waals surface area contributed by atoms with Crippen LogP contribution in [0.2, 0.25) is 0 Å². The minimum atomic E-state index is -1.25. The molecule has 1 aromatic heterocycles. The molecular formula is C16H18F2N6. The molecule has 0 amide bonds. The molecule has 0 bridgehead atoms. The van der Waals surface area contributed by atoms with Crippen LogP contribution in [0, 0.1) is 11.6 Å². The second-order valence-electron chi connectivity index (χ2n) is 5.76. The first-order chi connectivity index (χ1) is 11.4. The number of nitrogens with zero attached hydrogens (tertiary/aromatic N) is 3. The predicted octanol–water partition coefficient (Wildman–Crippen LogP) is 1.87. The molecule has 2 aromatic rings. The summed E-state index contributed by atoms with van der Waals surface area (Å²) < 4.78 is 29.5. The van der Waals surface area contributed by atoms with Crippen molar-refractivity contribution in [2.45, 2.75) is 19.0 Å². The molecule has 1 aliphatic heterocycles. The summed E-state index contributed by atoms with van der Waals surface area (Å²) in [5.41, 5.74) is 6.38. The fourth-order valence-corrected chi connectivity index (χ4v) is 2.46. The first-order valence-corrected chi connectivity index (χ1v) is 7.38. The van der Waals surface area contributed by atoms with E-state index < -0.39 is 17.3 Å². The normalized spacial score (nSPS) is 20.2. The second kappa shape index (κ2) is 6.04. The van der Waals surface area contributed by atoms with Gasteiger partial charge >= 0.3 is 0 Å². The number of aromatic nitrogens is 2. The van der Waals surface area contributed by atoms with Gasteiger partial charge in [0.05, 0.1) is 11.9 Å². The lowest BCUT2D eigenvalue weighted by molar-refractivity contribution is 0.469. The largest absolute Gasteiger partial charge is 0.333 e. The molecule has 2 heterocycles. The van der Waals surface area contributed by atoms with Gasteiger partial charge in [-0.3, -0.25) is 4.68 Å². The van der Waals surface area contributed by atoms with Crippen molar-refractivity contribution in [3.63, 3.8) is 0 Å². The van der Waals surface area contributed by atoms with Crippen LogP contribution in [0.15, 0.2) is 47.4 Å². The highest BCUT2D eigenvalue weighted by Gasteiger charge is 2.32. The number of nitrogens with two attached hydrogens (primary N) is 1. The maximum Gasteiger partial charge on any atom is 0.202 e. The van der Waals surface area contributed by atoms with Gasteiger partial charge in [0.1, 0.15) is 17.3 Å². The lowest BCUT2D eigenvalue weighted by atomic mass is 9.93. The summed E-state index contributed by atoms with van der Waals surface area (Å²) >= 11 is 0. The van der Waals surface area contributed by atoms with Gasteiger partial charge in [0.25, 0.3) is 0 Å². The van der Waals surface area contributed by atoms with Gasteiger partial charge in [0, 0.05) is 31.4 Å². The average Bonchev–Trinajstić information content (AvgIpc) is 2.92.